The number of fused-ring (bicyclic) bond motifs is 1. The van der Waals surface area contributed by atoms with Crippen LogP contribution in [0.1, 0.15) is 30.1 Å². The molecule has 3 rings (SSSR count). The van der Waals surface area contributed by atoms with E-state index in [1.165, 1.54) is 0 Å². The van der Waals surface area contributed by atoms with Gasteiger partial charge < -0.3 is 15.1 Å². The fourth-order valence-electron chi connectivity index (χ4n) is 3.15. The Morgan fingerprint density at radius 2 is 1.77 bits per heavy atom. The van der Waals surface area contributed by atoms with Crippen LogP contribution in [0.2, 0.25) is 0 Å². The molecular weight excluding hydrogens is 278 g/mol. The first kappa shape index (κ1) is 14.9. The number of piperidine rings is 1. The van der Waals surface area contributed by atoms with Crippen LogP contribution in [0, 0.1) is 5.92 Å². The third kappa shape index (κ3) is 2.79. The third-order valence-corrected chi connectivity index (χ3v) is 4.60. The van der Waals surface area contributed by atoms with E-state index in [-0.39, 0.29) is 23.7 Å². The molecule has 1 atom stereocenters. The first-order valence-electron chi connectivity index (χ1n) is 7.75. The molecule has 2 N–H and O–H groups in total. The lowest BCUT2D eigenvalue weighted by Crippen LogP contribution is -2.40. The number of rotatable bonds is 2. The Morgan fingerprint density at radius 3 is 2.36 bits per heavy atom. The minimum atomic E-state index is -0.327. The Morgan fingerprint density at radius 1 is 1.18 bits per heavy atom. The van der Waals surface area contributed by atoms with Crippen LogP contribution in [0.5, 0.6) is 5.75 Å². The van der Waals surface area contributed by atoms with E-state index in [1.807, 2.05) is 24.3 Å². The number of nitrogens with zero attached hydrogens (tertiary/aromatic N) is 1. The lowest BCUT2D eigenvalue weighted by Gasteiger charge is -2.33. The predicted octanol–water partition coefficient (Wildman–Crippen LogP) is 2.78. The molecule has 1 heterocycles. The molecular formula is C18H21NO3. The van der Waals surface area contributed by atoms with Crippen molar-refractivity contribution in [1.82, 2.24) is 4.90 Å². The summed E-state index contributed by atoms with van der Waals surface area (Å²) in [4.78, 5) is 14.4. The van der Waals surface area contributed by atoms with Crippen LogP contribution in [0.25, 0.3) is 10.8 Å². The van der Waals surface area contributed by atoms with Crippen molar-refractivity contribution < 1.29 is 15.0 Å². The molecule has 2 aromatic carbocycles. The lowest BCUT2D eigenvalue weighted by atomic mass is 9.92. The van der Waals surface area contributed by atoms with E-state index < -0.39 is 0 Å². The molecule has 0 radical (unpaired) electrons. The minimum Gasteiger partial charge on any atom is -0.507 e. The van der Waals surface area contributed by atoms with E-state index in [1.54, 1.807) is 24.0 Å². The zero-order valence-electron chi connectivity index (χ0n) is 12.7. The number of aromatic hydroxyl groups is 1. The molecule has 2 aromatic rings. The maximum atomic E-state index is 12.6. The molecule has 1 unspecified atom stereocenters. The Kier molecular flexibility index (Phi) is 4.03. The van der Waals surface area contributed by atoms with Gasteiger partial charge in [0.25, 0.3) is 5.91 Å². The van der Waals surface area contributed by atoms with Crippen LogP contribution >= 0.6 is 0 Å². The molecule has 4 heteroatoms. The van der Waals surface area contributed by atoms with Crippen LogP contribution in [0.3, 0.4) is 0 Å². The topological polar surface area (TPSA) is 60.8 Å². The molecule has 0 aliphatic carbocycles. The predicted molar refractivity (Wildman–Crippen MR) is 85.9 cm³/mol. The fraction of sp³-hybridized carbons (Fsp3) is 0.389. The van der Waals surface area contributed by atoms with Crippen LogP contribution in [0.15, 0.2) is 36.4 Å². The van der Waals surface area contributed by atoms with Crippen molar-refractivity contribution in [3.63, 3.8) is 0 Å². The summed E-state index contributed by atoms with van der Waals surface area (Å²) in [6.45, 7) is 3.05. The summed E-state index contributed by atoms with van der Waals surface area (Å²) in [5, 5.41) is 21.7. The molecule has 0 spiro atoms. The van der Waals surface area contributed by atoms with Crippen molar-refractivity contribution in [3.05, 3.63) is 42.0 Å². The molecule has 1 saturated heterocycles. The van der Waals surface area contributed by atoms with Crippen LogP contribution in [-0.4, -0.2) is 40.2 Å². The van der Waals surface area contributed by atoms with Gasteiger partial charge in [-0.3, -0.25) is 4.79 Å². The molecule has 0 aromatic heterocycles. The van der Waals surface area contributed by atoms with Gasteiger partial charge in [0.2, 0.25) is 0 Å². The van der Waals surface area contributed by atoms with Gasteiger partial charge in [-0.1, -0.05) is 24.3 Å². The van der Waals surface area contributed by atoms with Crippen molar-refractivity contribution in [1.29, 1.82) is 0 Å². The summed E-state index contributed by atoms with van der Waals surface area (Å²) in [6, 6.07) is 11.1. The number of hydrogen-bond donors (Lipinski definition) is 2. The molecule has 0 saturated carbocycles. The number of hydrogen-bond acceptors (Lipinski definition) is 3. The van der Waals surface area contributed by atoms with Crippen molar-refractivity contribution in [2.45, 2.75) is 25.9 Å². The Balaban J connectivity index is 1.82. The highest BCUT2D eigenvalue weighted by molar-refractivity contribution is 6.01. The molecule has 116 valence electrons. The second-order valence-electron chi connectivity index (χ2n) is 6.09. The van der Waals surface area contributed by atoms with Gasteiger partial charge in [-0.05, 0) is 48.6 Å². The smallest absolute Gasteiger partial charge is 0.257 e. The maximum Gasteiger partial charge on any atom is 0.257 e. The molecule has 1 amide bonds. The molecule has 1 aliphatic rings. The van der Waals surface area contributed by atoms with Crippen molar-refractivity contribution >= 4 is 16.7 Å². The van der Waals surface area contributed by atoms with E-state index in [4.69, 9.17) is 0 Å². The maximum absolute atomic E-state index is 12.6. The van der Waals surface area contributed by atoms with Crippen molar-refractivity contribution in [2.24, 2.45) is 5.92 Å². The number of carbonyl (C=O) groups excluding carboxylic acids is 1. The second kappa shape index (κ2) is 5.97. The Bertz CT molecular complexity index is 688. The standard InChI is InChI=1S/C18H21NO3/c1-12(20)13-6-8-19(9-7-13)18(22)16-10-14-4-2-3-5-15(14)11-17(16)21/h2-5,10-13,20-21H,6-9H2,1H3. The van der Waals surface area contributed by atoms with Crippen molar-refractivity contribution in [2.75, 3.05) is 13.1 Å². The van der Waals surface area contributed by atoms with Crippen LogP contribution in [0.4, 0.5) is 0 Å². The van der Waals surface area contributed by atoms with E-state index in [0.717, 1.165) is 23.6 Å². The van der Waals surface area contributed by atoms with Gasteiger partial charge in [0.15, 0.2) is 0 Å². The number of aliphatic hydroxyl groups is 1. The average molecular weight is 299 g/mol. The third-order valence-electron chi connectivity index (χ3n) is 4.60. The summed E-state index contributed by atoms with van der Waals surface area (Å²) in [5.41, 5.74) is 0.356. The molecule has 1 fully saturated rings. The number of benzene rings is 2. The van der Waals surface area contributed by atoms with Gasteiger partial charge in [0.05, 0.1) is 11.7 Å². The van der Waals surface area contributed by atoms with Gasteiger partial charge in [0.1, 0.15) is 5.75 Å². The summed E-state index contributed by atoms with van der Waals surface area (Å²) in [7, 11) is 0. The number of amides is 1. The van der Waals surface area contributed by atoms with Crippen molar-refractivity contribution in [3.8, 4) is 5.75 Å². The first-order chi connectivity index (χ1) is 10.6. The molecule has 0 bridgehead atoms. The lowest BCUT2D eigenvalue weighted by molar-refractivity contribution is 0.0519. The quantitative estimate of drug-likeness (QED) is 0.896. The second-order valence-corrected chi connectivity index (χ2v) is 6.09. The Labute approximate surface area is 130 Å². The van der Waals surface area contributed by atoms with Gasteiger partial charge in [-0.2, -0.15) is 0 Å². The number of aliphatic hydroxyl groups excluding tert-OH is 1. The molecule has 22 heavy (non-hydrogen) atoms. The van der Waals surface area contributed by atoms with Gasteiger partial charge in [-0.25, -0.2) is 0 Å². The monoisotopic (exact) mass is 299 g/mol. The average Bonchev–Trinajstić information content (AvgIpc) is 2.53. The highest BCUT2D eigenvalue weighted by atomic mass is 16.3. The number of likely N-dealkylation sites (tertiary alicyclic amines) is 1. The summed E-state index contributed by atoms with van der Waals surface area (Å²) >= 11 is 0. The van der Waals surface area contributed by atoms with E-state index in [0.29, 0.717) is 18.7 Å². The summed E-state index contributed by atoms with van der Waals surface area (Å²) < 4.78 is 0. The largest absolute Gasteiger partial charge is 0.507 e. The van der Waals surface area contributed by atoms with Gasteiger partial charge in [0, 0.05) is 13.1 Å². The minimum absolute atomic E-state index is 0.0290. The van der Waals surface area contributed by atoms with E-state index in [9.17, 15) is 15.0 Å². The SMILES string of the molecule is CC(O)C1CCN(C(=O)c2cc3ccccc3cc2O)CC1. The highest BCUT2D eigenvalue weighted by Crippen LogP contribution is 2.28. The fourth-order valence-corrected chi connectivity index (χ4v) is 3.15. The van der Waals surface area contributed by atoms with Gasteiger partial charge in [-0.15, -0.1) is 0 Å². The Hall–Kier alpha value is -2.07. The highest BCUT2D eigenvalue weighted by Gasteiger charge is 2.27. The number of phenolic OH excluding ortho intramolecular Hbond substituents is 1. The first-order valence-corrected chi connectivity index (χ1v) is 7.75. The number of phenols is 1. The van der Waals surface area contributed by atoms with E-state index >= 15 is 0 Å². The molecule has 1 aliphatic heterocycles. The number of carbonyl (C=O) groups is 1. The zero-order chi connectivity index (χ0) is 15.7. The summed E-state index contributed by atoms with van der Waals surface area (Å²) in [6.07, 6.45) is 1.28. The van der Waals surface area contributed by atoms with Gasteiger partial charge >= 0.3 is 0 Å². The van der Waals surface area contributed by atoms with E-state index in [2.05, 4.69) is 0 Å². The summed E-state index contributed by atoms with van der Waals surface area (Å²) in [5.74, 6) is 0.155. The van der Waals surface area contributed by atoms with Crippen LogP contribution in [-0.2, 0) is 0 Å². The molecule has 4 nitrogen and oxygen atoms in total. The zero-order valence-corrected chi connectivity index (χ0v) is 12.7. The normalized spacial score (nSPS) is 17.6. The van der Waals surface area contributed by atoms with Crippen LogP contribution < -0.4 is 0 Å².